The third-order valence-electron chi connectivity index (χ3n) is 5.31. The molecule has 0 amide bonds. The van der Waals surface area contributed by atoms with Crippen LogP contribution in [0.3, 0.4) is 0 Å². The molecule has 0 spiro atoms. The number of likely N-dealkylation sites (tertiary alicyclic amines) is 1. The topological polar surface area (TPSA) is 58.4 Å². The van der Waals surface area contributed by atoms with Crippen LogP contribution in [0.1, 0.15) is 50.1 Å². The van der Waals surface area contributed by atoms with E-state index in [4.69, 9.17) is 5.11 Å². The molecule has 1 aromatic rings. The van der Waals surface area contributed by atoms with Crippen LogP contribution in [-0.2, 0) is 11.3 Å². The zero-order valence-electron chi connectivity index (χ0n) is 13.8. The van der Waals surface area contributed by atoms with Crippen molar-refractivity contribution in [3.8, 4) is 0 Å². The quantitative estimate of drug-likeness (QED) is 0.894. The van der Waals surface area contributed by atoms with Gasteiger partial charge in [0, 0.05) is 43.7 Å². The van der Waals surface area contributed by atoms with Gasteiger partial charge in [0.15, 0.2) is 0 Å². The van der Waals surface area contributed by atoms with Gasteiger partial charge in [-0.2, -0.15) is 5.10 Å². The third kappa shape index (κ3) is 4.32. The molecule has 2 aliphatic rings. The van der Waals surface area contributed by atoms with E-state index >= 15 is 0 Å². The number of carbonyl (C=O) groups is 1. The minimum Gasteiger partial charge on any atom is -0.480 e. The predicted octanol–water partition coefficient (Wildman–Crippen LogP) is 2.97. The van der Waals surface area contributed by atoms with Crippen molar-refractivity contribution in [2.75, 3.05) is 19.6 Å². The number of carboxylic acid groups (broad SMARTS) is 1. The molecule has 1 N–H and O–H groups in total. The molecule has 1 saturated carbocycles. The molecule has 1 atom stereocenters. The van der Waals surface area contributed by atoms with Crippen molar-refractivity contribution in [3.05, 3.63) is 18.0 Å². The lowest BCUT2D eigenvalue weighted by atomic mass is 9.85. The summed E-state index contributed by atoms with van der Waals surface area (Å²) in [5.41, 5.74) is 0.970. The van der Waals surface area contributed by atoms with E-state index in [2.05, 4.69) is 10.00 Å². The first-order chi connectivity index (χ1) is 11.4. The highest BCUT2D eigenvalue weighted by atomic mass is 19.3. The fraction of sp³-hybridized carbons (Fsp3) is 0.765. The molecular weight excluding hydrogens is 316 g/mol. The van der Waals surface area contributed by atoms with E-state index in [0.29, 0.717) is 18.8 Å². The molecule has 134 valence electrons. The first-order valence-electron chi connectivity index (χ1n) is 8.76. The number of aliphatic carboxylic acids is 1. The summed E-state index contributed by atoms with van der Waals surface area (Å²) in [7, 11) is 0. The van der Waals surface area contributed by atoms with Gasteiger partial charge in [-0.1, -0.05) is 0 Å². The van der Waals surface area contributed by atoms with Gasteiger partial charge in [-0.15, -0.1) is 0 Å². The van der Waals surface area contributed by atoms with Crippen molar-refractivity contribution in [3.63, 3.8) is 0 Å². The number of piperidine rings is 1. The lowest BCUT2D eigenvalue weighted by Gasteiger charge is -2.37. The second kappa shape index (κ2) is 7.17. The monoisotopic (exact) mass is 341 g/mol. The van der Waals surface area contributed by atoms with E-state index in [-0.39, 0.29) is 25.3 Å². The average Bonchev–Trinajstić information content (AvgIpc) is 2.97. The Morgan fingerprint density at radius 1 is 1.33 bits per heavy atom. The smallest absolute Gasteiger partial charge is 0.325 e. The average molecular weight is 341 g/mol. The fourth-order valence-corrected chi connectivity index (χ4v) is 4.06. The van der Waals surface area contributed by atoms with Gasteiger partial charge in [-0.25, -0.2) is 8.78 Å². The lowest BCUT2D eigenvalue weighted by molar-refractivity contribution is -0.138. The van der Waals surface area contributed by atoms with Gasteiger partial charge in [0.1, 0.15) is 6.54 Å². The normalized spacial score (nSPS) is 25.7. The maximum Gasteiger partial charge on any atom is 0.325 e. The molecule has 3 rings (SSSR count). The van der Waals surface area contributed by atoms with Crippen LogP contribution in [-0.4, -0.2) is 51.3 Å². The van der Waals surface area contributed by atoms with Crippen molar-refractivity contribution in [1.29, 1.82) is 0 Å². The number of aromatic nitrogens is 2. The Bertz CT molecular complexity index is 566. The van der Waals surface area contributed by atoms with Crippen molar-refractivity contribution in [2.45, 2.75) is 56.9 Å². The molecule has 2 fully saturated rings. The second-order valence-corrected chi connectivity index (χ2v) is 7.21. The van der Waals surface area contributed by atoms with Crippen molar-refractivity contribution >= 4 is 5.97 Å². The molecule has 1 unspecified atom stereocenters. The van der Waals surface area contributed by atoms with Gasteiger partial charge in [0.05, 0.1) is 0 Å². The second-order valence-electron chi connectivity index (χ2n) is 7.21. The van der Waals surface area contributed by atoms with Crippen LogP contribution in [0.2, 0.25) is 0 Å². The Labute approximate surface area is 140 Å². The zero-order valence-corrected chi connectivity index (χ0v) is 13.8. The summed E-state index contributed by atoms with van der Waals surface area (Å²) in [6, 6.07) is 1.90. The molecule has 0 aromatic carbocycles. The van der Waals surface area contributed by atoms with Gasteiger partial charge >= 0.3 is 5.97 Å². The Morgan fingerprint density at radius 3 is 2.79 bits per heavy atom. The minimum atomic E-state index is -2.47. The molecule has 2 heterocycles. The number of alkyl halides is 2. The van der Waals surface area contributed by atoms with E-state index in [9.17, 15) is 13.6 Å². The van der Waals surface area contributed by atoms with Crippen LogP contribution < -0.4 is 0 Å². The molecule has 0 bridgehead atoms. The van der Waals surface area contributed by atoms with Gasteiger partial charge in [0.25, 0.3) is 0 Å². The highest BCUT2D eigenvalue weighted by molar-refractivity contribution is 5.66. The SMILES string of the molecule is O=C(O)Cn1nccc1C1CCCN(CC2CCC(F)(F)CC2)C1. The largest absolute Gasteiger partial charge is 0.480 e. The molecule has 1 aliphatic carbocycles. The highest BCUT2D eigenvalue weighted by Gasteiger charge is 2.36. The van der Waals surface area contributed by atoms with Gasteiger partial charge < -0.3 is 10.0 Å². The van der Waals surface area contributed by atoms with Crippen molar-refractivity contribution in [2.24, 2.45) is 5.92 Å². The molecule has 1 aromatic heterocycles. The Balaban J connectivity index is 1.57. The summed E-state index contributed by atoms with van der Waals surface area (Å²) in [6.45, 7) is 2.62. The zero-order chi connectivity index (χ0) is 17.2. The maximum atomic E-state index is 13.3. The van der Waals surface area contributed by atoms with E-state index in [1.165, 1.54) is 0 Å². The lowest BCUT2D eigenvalue weighted by Crippen LogP contribution is -2.40. The number of nitrogens with zero attached hydrogens (tertiary/aromatic N) is 3. The maximum absolute atomic E-state index is 13.3. The Morgan fingerprint density at radius 2 is 2.08 bits per heavy atom. The summed E-state index contributed by atoms with van der Waals surface area (Å²) in [5.74, 6) is -2.74. The molecule has 0 radical (unpaired) electrons. The number of rotatable bonds is 5. The molecule has 1 aliphatic heterocycles. The van der Waals surface area contributed by atoms with Gasteiger partial charge in [-0.3, -0.25) is 9.48 Å². The van der Waals surface area contributed by atoms with E-state index in [0.717, 1.165) is 38.2 Å². The summed E-state index contributed by atoms with van der Waals surface area (Å²) >= 11 is 0. The Hall–Kier alpha value is -1.50. The molecular formula is C17H25F2N3O2. The van der Waals surface area contributed by atoms with Crippen molar-refractivity contribution < 1.29 is 18.7 Å². The van der Waals surface area contributed by atoms with Gasteiger partial charge in [0.2, 0.25) is 5.92 Å². The summed E-state index contributed by atoms with van der Waals surface area (Å²) in [5, 5.41) is 13.1. The summed E-state index contributed by atoms with van der Waals surface area (Å²) in [4.78, 5) is 13.3. The Kier molecular flexibility index (Phi) is 5.18. The number of carboxylic acids is 1. The predicted molar refractivity (Wildman–Crippen MR) is 85.2 cm³/mol. The van der Waals surface area contributed by atoms with Crippen LogP contribution >= 0.6 is 0 Å². The minimum absolute atomic E-state index is 0.0142. The van der Waals surface area contributed by atoms with E-state index in [1.54, 1.807) is 10.9 Å². The first kappa shape index (κ1) is 17.3. The molecule has 5 nitrogen and oxygen atoms in total. The number of halogens is 2. The van der Waals surface area contributed by atoms with E-state index in [1.807, 2.05) is 6.07 Å². The molecule has 1 saturated heterocycles. The van der Waals surface area contributed by atoms with Gasteiger partial charge in [-0.05, 0) is 44.2 Å². The van der Waals surface area contributed by atoms with Crippen LogP contribution in [0.15, 0.2) is 12.3 Å². The third-order valence-corrected chi connectivity index (χ3v) is 5.31. The van der Waals surface area contributed by atoms with Crippen LogP contribution in [0.4, 0.5) is 8.78 Å². The van der Waals surface area contributed by atoms with Crippen LogP contribution in [0.25, 0.3) is 0 Å². The number of hydrogen-bond donors (Lipinski definition) is 1. The van der Waals surface area contributed by atoms with Crippen molar-refractivity contribution in [1.82, 2.24) is 14.7 Å². The molecule has 7 heteroatoms. The summed E-state index contributed by atoms with van der Waals surface area (Å²) in [6.07, 6.45) is 4.95. The number of hydrogen-bond acceptors (Lipinski definition) is 3. The van der Waals surface area contributed by atoms with Crippen LogP contribution in [0.5, 0.6) is 0 Å². The fourth-order valence-electron chi connectivity index (χ4n) is 4.06. The van der Waals surface area contributed by atoms with E-state index < -0.39 is 11.9 Å². The molecule has 24 heavy (non-hydrogen) atoms. The standard InChI is InChI=1S/C17H25F2N3O2/c18-17(19)6-3-13(4-7-17)10-21-9-1-2-14(11-21)15-5-8-20-22(15)12-16(23)24/h5,8,13-14H,1-4,6-7,9-12H2,(H,23,24). The summed E-state index contributed by atoms with van der Waals surface area (Å²) < 4.78 is 28.1. The van der Waals surface area contributed by atoms with Crippen LogP contribution in [0, 0.1) is 5.92 Å². The first-order valence-corrected chi connectivity index (χ1v) is 8.76. The highest BCUT2D eigenvalue weighted by Crippen LogP contribution is 2.37.